The van der Waals surface area contributed by atoms with Crippen molar-refractivity contribution in [2.75, 3.05) is 44.7 Å². The van der Waals surface area contributed by atoms with E-state index in [0.29, 0.717) is 13.0 Å². The molecule has 3 rings (SSSR count). The van der Waals surface area contributed by atoms with Crippen LogP contribution in [0.2, 0.25) is 0 Å². The number of carbonyl (C=O) groups excluding carboxylic acids is 2. The summed E-state index contributed by atoms with van der Waals surface area (Å²) in [7, 11) is 1.61. The van der Waals surface area contributed by atoms with Gasteiger partial charge in [0.1, 0.15) is 5.75 Å². The topological polar surface area (TPSA) is 61.9 Å². The summed E-state index contributed by atoms with van der Waals surface area (Å²) in [6.07, 6.45) is 0.300. The summed E-state index contributed by atoms with van der Waals surface area (Å²) >= 11 is 0. The van der Waals surface area contributed by atoms with Crippen molar-refractivity contribution in [3.05, 3.63) is 24.3 Å². The molecule has 2 heterocycles. The molecule has 0 bridgehead atoms. The lowest BCUT2D eigenvalue weighted by Crippen LogP contribution is -2.48. The van der Waals surface area contributed by atoms with E-state index < -0.39 is 0 Å². The molecule has 1 atom stereocenters. The average Bonchev–Trinajstić information content (AvgIpc) is 2.97. The fourth-order valence-corrected chi connectivity index (χ4v) is 3.03. The smallest absolute Gasteiger partial charge is 0.228 e. The molecule has 2 aliphatic rings. The molecule has 0 radical (unpaired) electrons. The van der Waals surface area contributed by atoms with Gasteiger partial charge < -0.3 is 19.9 Å². The second kappa shape index (κ2) is 6.36. The molecule has 22 heavy (non-hydrogen) atoms. The Morgan fingerprint density at radius 1 is 1.23 bits per heavy atom. The number of nitrogens with one attached hydrogen (secondary N) is 1. The predicted molar refractivity (Wildman–Crippen MR) is 82.9 cm³/mol. The number of benzene rings is 1. The first kappa shape index (κ1) is 14.8. The highest BCUT2D eigenvalue weighted by atomic mass is 16.5. The third-order valence-electron chi connectivity index (χ3n) is 4.29. The van der Waals surface area contributed by atoms with Gasteiger partial charge in [0.05, 0.1) is 13.0 Å². The third-order valence-corrected chi connectivity index (χ3v) is 4.29. The normalized spacial score (nSPS) is 22.0. The number of methoxy groups -OCH3 is 1. The van der Waals surface area contributed by atoms with Crippen LogP contribution < -0.4 is 15.0 Å². The molecular weight excluding hydrogens is 282 g/mol. The van der Waals surface area contributed by atoms with E-state index in [2.05, 4.69) is 5.32 Å². The molecular formula is C16H21N3O3. The number of rotatable bonds is 3. The van der Waals surface area contributed by atoms with E-state index in [1.165, 1.54) is 0 Å². The lowest BCUT2D eigenvalue weighted by atomic mass is 10.1. The molecule has 1 unspecified atom stereocenters. The fraction of sp³-hybridized carbons (Fsp3) is 0.500. The highest BCUT2D eigenvalue weighted by Crippen LogP contribution is 2.27. The minimum Gasteiger partial charge on any atom is -0.497 e. The fourth-order valence-electron chi connectivity index (χ4n) is 3.03. The van der Waals surface area contributed by atoms with Crippen molar-refractivity contribution < 1.29 is 14.3 Å². The maximum atomic E-state index is 12.5. The SMILES string of the molecule is COc1ccc(N2CC(C(=O)N3CCNCC3)CC2=O)cc1. The summed E-state index contributed by atoms with van der Waals surface area (Å²) in [5.74, 6) is 0.640. The van der Waals surface area contributed by atoms with Crippen LogP contribution in [-0.4, -0.2) is 56.5 Å². The molecule has 0 spiro atoms. The van der Waals surface area contributed by atoms with E-state index in [4.69, 9.17) is 4.74 Å². The third kappa shape index (κ3) is 2.92. The van der Waals surface area contributed by atoms with Crippen LogP contribution in [0.1, 0.15) is 6.42 Å². The first-order valence-electron chi connectivity index (χ1n) is 7.63. The second-order valence-corrected chi connectivity index (χ2v) is 5.68. The molecule has 0 aromatic heterocycles. The zero-order chi connectivity index (χ0) is 15.5. The molecule has 0 aliphatic carbocycles. The van der Waals surface area contributed by atoms with Gasteiger partial charge in [0.15, 0.2) is 0 Å². The van der Waals surface area contributed by atoms with Crippen molar-refractivity contribution in [3.63, 3.8) is 0 Å². The van der Waals surface area contributed by atoms with E-state index in [1.807, 2.05) is 29.2 Å². The zero-order valence-corrected chi connectivity index (χ0v) is 12.7. The Bertz CT molecular complexity index is 552. The van der Waals surface area contributed by atoms with Gasteiger partial charge in [-0.3, -0.25) is 9.59 Å². The van der Waals surface area contributed by atoms with Gasteiger partial charge in [-0.05, 0) is 24.3 Å². The minimum atomic E-state index is -0.229. The number of anilines is 1. The summed E-state index contributed by atoms with van der Waals surface area (Å²) in [6, 6.07) is 7.37. The van der Waals surface area contributed by atoms with Gasteiger partial charge >= 0.3 is 0 Å². The van der Waals surface area contributed by atoms with Crippen LogP contribution in [0.4, 0.5) is 5.69 Å². The molecule has 0 saturated carbocycles. The van der Waals surface area contributed by atoms with E-state index >= 15 is 0 Å². The van der Waals surface area contributed by atoms with Gasteiger partial charge in [-0.1, -0.05) is 0 Å². The van der Waals surface area contributed by atoms with Crippen molar-refractivity contribution in [1.82, 2.24) is 10.2 Å². The van der Waals surface area contributed by atoms with Gasteiger partial charge in [-0.25, -0.2) is 0 Å². The highest BCUT2D eigenvalue weighted by molar-refractivity contribution is 6.00. The number of amides is 2. The molecule has 118 valence electrons. The van der Waals surface area contributed by atoms with Gasteiger partial charge in [0.2, 0.25) is 11.8 Å². The van der Waals surface area contributed by atoms with Crippen LogP contribution in [0.25, 0.3) is 0 Å². The summed E-state index contributed by atoms with van der Waals surface area (Å²) in [4.78, 5) is 28.3. The van der Waals surface area contributed by atoms with Crippen molar-refractivity contribution in [3.8, 4) is 5.75 Å². The largest absolute Gasteiger partial charge is 0.497 e. The Morgan fingerprint density at radius 3 is 2.55 bits per heavy atom. The Morgan fingerprint density at radius 2 is 1.91 bits per heavy atom. The maximum Gasteiger partial charge on any atom is 0.228 e. The Hall–Kier alpha value is -2.08. The molecule has 2 saturated heterocycles. The molecule has 6 nitrogen and oxygen atoms in total. The van der Waals surface area contributed by atoms with Crippen molar-refractivity contribution >= 4 is 17.5 Å². The van der Waals surface area contributed by atoms with Crippen LogP contribution in [0.5, 0.6) is 5.75 Å². The summed E-state index contributed by atoms with van der Waals surface area (Å²) in [5.41, 5.74) is 0.821. The van der Waals surface area contributed by atoms with E-state index in [0.717, 1.165) is 37.6 Å². The molecule has 6 heteroatoms. The highest BCUT2D eigenvalue weighted by Gasteiger charge is 2.37. The van der Waals surface area contributed by atoms with Crippen LogP contribution in [-0.2, 0) is 9.59 Å². The molecule has 2 fully saturated rings. The molecule has 1 aromatic rings. The zero-order valence-electron chi connectivity index (χ0n) is 12.7. The number of piperazine rings is 1. The Labute approximate surface area is 130 Å². The van der Waals surface area contributed by atoms with Crippen molar-refractivity contribution in [1.29, 1.82) is 0 Å². The lowest BCUT2D eigenvalue weighted by molar-refractivity contribution is -0.136. The van der Waals surface area contributed by atoms with Crippen LogP contribution in [0.3, 0.4) is 0 Å². The van der Waals surface area contributed by atoms with E-state index in [9.17, 15) is 9.59 Å². The molecule has 1 N–H and O–H groups in total. The lowest BCUT2D eigenvalue weighted by Gasteiger charge is -2.29. The van der Waals surface area contributed by atoms with Crippen LogP contribution in [0.15, 0.2) is 24.3 Å². The maximum absolute atomic E-state index is 12.5. The second-order valence-electron chi connectivity index (χ2n) is 5.68. The number of hydrogen-bond acceptors (Lipinski definition) is 4. The first-order valence-corrected chi connectivity index (χ1v) is 7.63. The summed E-state index contributed by atoms with van der Waals surface area (Å²) in [6.45, 7) is 3.58. The quantitative estimate of drug-likeness (QED) is 0.882. The van der Waals surface area contributed by atoms with Crippen molar-refractivity contribution in [2.45, 2.75) is 6.42 Å². The van der Waals surface area contributed by atoms with Gasteiger partial charge in [-0.15, -0.1) is 0 Å². The summed E-state index contributed by atoms with van der Waals surface area (Å²) < 4.78 is 5.13. The molecule has 2 aliphatic heterocycles. The van der Waals surface area contributed by atoms with Gasteiger partial charge in [0, 0.05) is 44.8 Å². The van der Waals surface area contributed by atoms with Gasteiger partial charge in [0.25, 0.3) is 0 Å². The van der Waals surface area contributed by atoms with E-state index in [1.54, 1.807) is 12.0 Å². The molecule has 2 amide bonds. The van der Waals surface area contributed by atoms with Crippen LogP contribution in [0, 0.1) is 5.92 Å². The van der Waals surface area contributed by atoms with Crippen molar-refractivity contribution in [2.24, 2.45) is 5.92 Å². The average molecular weight is 303 g/mol. The Balaban J connectivity index is 1.68. The number of nitrogens with zero attached hydrogens (tertiary/aromatic N) is 2. The standard InChI is InChI=1S/C16H21N3O3/c1-22-14-4-2-13(3-5-14)19-11-12(10-15(19)20)16(21)18-8-6-17-7-9-18/h2-5,12,17H,6-11H2,1H3. The van der Waals surface area contributed by atoms with E-state index in [-0.39, 0.29) is 17.7 Å². The first-order chi connectivity index (χ1) is 10.7. The van der Waals surface area contributed by atoms with Gasteiger partial charge in [-0.2, -0.15) is 0 Å². The predicted octanol–water partition coefficient (Wildman–Crippen LogP) is 0.480. The summed E-state index contributed by atoms with van der Waals surface area (Å²) in [5, 5.41) is 3.23. The number of hydrogen-bond donors (Lipinski definition) is 1. The monoisotopic (exact) mass is 303 g/mol. The minimum absolute atomic E-state index is 0.0126. The number of carbonyl (C=O) groups is 2. The Kier molecular flexibility index (Phi) is 4.29. The molecule has 1 aromatic carbocycles. The number of ether oxygens (including phenoxy) is 1. The van der Waals surface area contributed by atoms with Crippen LogP contribution >= 0.6 is 0 Å².